The minimum atomic E-state index is -0.774. The summed E-state index contributed by atoms with van der Waals surface area (Å²) in [6.07, 6.45) is -0.542. The molecule has 2 unspecified atom stereocenters. The molecule has 1 aromatic heterocycles. The second kappa shape index (κ2) is 4.21. The highest BCUT2D eigenvalue weighted by molar-refractivity contribution is 7.11. The molecule has 16 heavy (non-hydrogen) atoms. The van der Waals surface area contributed by atoms with Crippen molar-refractivity contribution in [1.29, 1.82) is 0 Å². The number of cyclic esters (lactones) is 1. The zero-order valence-electron chi connectivity index (χ0n) is 8.93. The quantitative estimate of drug-likeness (QED) is 0.730. The molecule has 1 fully saturated rings. The standard InChI is InChI=1S/C10H11NO4S/c1-5-3-7(9(12)14-5)15-10(13)8-6(2)11-4-16-8/h4-5,7H,3H2,1-2H3. The largest absolute Gasteiger partial charge is 0.460 e. The molecule has 0 bridgehead atoms. The molecule has 0 aliphatic carbocycles. The van der Waals surface area contributed by atoms with Crippen molar-refractivity contribution >= 4 is 23.3 Å². The first-order chi connectivity index (χ1) is 7.58. The van der Waals surface area contributed by atoms with Gasteiger partial charge in [0.2, 0.25) is 6.10 Å². The van der Waals surface area contributed by atoms with Gasteiger partial charge in [-0.1, -0.05) is 0 Å². The van der Waals surface area contributed by atoms with Crippen molar-refractivity contribution in [2.45, 2.75) is 32.5 Å². The van der Waals surface area contributed by atoms with Crippen LogP contribution in [0.2, 0.25) is 0 Å². The summed E-state index contributed by atoms with van der Waals surface area (Å²) in [6.45, 7) is 3.49. The fourth-order valence-electron chi connectivity index (χ4n) is 1.50. The molecule has 0 amide bonds. The first kappa shape index (κ1) is 11.1. The maximum absolute atomic E-state index is 11.7. The third-order valence-corrected chi connectivity index (χ3v) is 3.22. The monoisotopic (exact) mass is 241 g/mol. The van der Waals surface area contributed by atoms with Crippen LogP contribution in [0, 0.1) is 6.92 Å². The van der Waals surface area contributed by atoms with E-state index in [-0.39, 0.29) is 6.10 Å². The van der Waals surface area contributed by atoms with Gasteiger partial charge in [-0.05, 0) is 13.8 Å². The van der Waals surface area contributed by atoms with Crippen molar-refractivity contribution < 1.29 is 19.1 Å². The number of aryl methyl sites for hydroxylation is 1. The summed E-state index contributed by atoms with van der Waals surface area (Å²) in [4.78, 5) is 27.3. The average Bonchev–Trinajstić information content (AvgIpc) is 2.74. The molecular formula is C10H11NO4S. The summed E-state index contributed by atoms with van der Waals surface area (Å²) in [5, 5.41) is 0. The van der Waals surface area contributed by atoms with Crippen molar-refractivity contribution in [1.82, 2.24) is 4.98 Å². The number of thiazole rings is 1. The summed E-state index contributed by atoms with van der Waals surface area (Å²) < 4.78 is 9.97. The lowest BCUT2D eigenvalue weighted by Crippen LogP contribution is -2.22. The highest BCUT2D eigenvalue weighted by Crippen LogP contribution is 2.20. The van der Waals surface area contributed by atoms with E-state index in [9.17, 15) is 9.59 Å². The minimum absolute atomic E-state index is 0.187. The SMILES string of the molecule is Cc1ncsc1C(=O)OC1CC(C)OC1=O. The van der Waals surface area contributed by atoms with Crippen molar-refractivity contribution in [3.63, 3.8) is 0 Å². The Bertz CT molecular complexity index is 428. The van der Waals surface area contributed by atoms with E-state index < -0.39 is 18.0 Å². The third-order valence-electron chi connectivity index (χ3n) is 2.31. The molecule has 2 heterocycles. The zero-order valence-corrected chi connectivity index (χ0v) is 9.74. The number of carbonyl (C=O) groups is 2. The van der Waals surface area contributed by atoms with Crippen molar-refractivity contribution in [3.8, 4) is 0 Å². The lowest BCUT2D eigenvalue weighted by molar-refractivity contribution is -0.147. The van der Waals surface area contributed by atoms with E-state index >= 15 is 0 Å². The van der Waals surface area contributed by atoms with Crippen LogP contribution in [0.4, 0.5) is 0 Å². The highest BCUT2D eigenvalue weighted by atomic mass is 32.1. The number of ether oxygens (including phenoxy) is 2. The number of hydrogen-bond acceptors (Lipinski definition) is 6. The van der Waals surface area contributed by atoms with Gasteiger partial charge >= 0.3 is 11.9 Å². The van der Waals surface area contributed by atoms with Gasteiger partial charge in [0.1, 0.15) is 11.0 Å². The van der Waals surface area contributed by atoms with Crippen LogP contribution in [0.3, 0.4) is 0 Å². The summed E-state index contributed by atoms with van der Waals surface area (Å²) in [6, 6.07) is 0. The van der Waals surface area contributed by atoms with Gasteiger partial charge in [0, 0.05) is 6.42 Å². The van der Waals surface area contributed by atoms with Gasteiger partial charge in [-0.2, -0.15) is 0 Å². The molecule has 0 aromatic carbocycles. The third kappa shape index (κ3) is 2.06. The van der Waals surface area contributed by atoms with Crippen LogP contribution in [0.1, 0.15) is 28.7 Å². The molecule has 1 aliphatic heterocycles. The van der Waals surface area contributed by atoms with Crippen molar-refractivity contribution in [3.05, 3.63) is 16.1 Å². The molecule has 5 nitrogen and oxygen atoms in total. The summed E-state index contributed by atoms with van der Waals surface area (Å²) in [5.41, 5.74) is 2.19. The molecule has 1 aromatic rings. The lowest BCUT2D eigenvalue weighted by Gasteiger charge is -2.06. The van der Waals surface area contributed by atoms with E-state index in [1.165, 1.54) is 11.3 Å². The topological polar surface area (TPSA) is 65.5 Å². The van der Waals surface area contributed by atoms with Crippen LogP contribution in [0.25, 0.3) is 0 Å². The second-order valence-electron chi connectivity index (χ2n) is 3.64. The van der Waals surface area contributed by atoms with Crippen LogP contribution in [-0.2, 0) is 14.3 Å². The lowest BCUT2D eigenvalue weighted by atomic mass is 10.2. The second-order valence-corrected chi connectivity index (χ2v) is 4.50. The van der Waals surface area contributed by atoms with Crippen LogP contribution in [0.5, 0.6) is 0 Å². The maximum atomic E-state index is 11.7. The zero-order chi connectivity index (χ0) is 11.7. The molecular weight excluding hydrogens is 230 g/mol. The highest BCUT2D eigenvalue weighted by Gasteiger charge is 2.35. The van der Waals surface area contributed by atoms with Crippen molar-refractivity contribution in [2.24, 2.45) is 0 Å². The predicted molar refractivity (Wildman–Crippen MR) is 56.2 cm³/mol. The van der Waals surface area contributed by atoms with Gasteiger partial charge in [-0.3, -0.25) is 0 Å². The van der Waals surface area contributed by atoms with E-state index in [0.717, 1.165) is 0 Å². The molecule has 2 rings (SSSR count). The Kier molecular flexibility index (Phi) is 2.91. The number of carbonyl (C=O) groups excluding carboxylic acids is 2. The van der Waals surface area contributed by atoms with Crippen LogP contribution in [0.15, 0.2) is 5.51 Å². The predicted octanol–water partition coefficient (Wildman–Crippen LogP) is 1.31. The van der Waals surface area contributed by atoms with E-state index in [4.69, 9.17) is 9.47 Å². The first-order valence-electron chi connectivity index (χ1n) is 4.89. The number of aromatic nitrogens is 1. The maximum Gasteiger partial charge on any atom is 0.351 e. The molecule has 1 aliphatic rings. The number of hydrogen-bond donors (Lipinski definition) is 0. The Balaban J connectivity index is 2.03. The molecule has 1 saturated heterocycles. The number of nitrogens with zero attached hydrogens (tertiary/aromatic N) is 1. The average molecular weight is 241 g/mol. The fraction of sp³-hybridized carbons (Fsp3) is 0.500. The molecule has 0 spiro atoms. The normalized spacial score (nSPS) is 24.2. The fourth-order valence-corrected chi connectivity index (χ4v) is 2.18. The smallest absolute Gasteiger partial charge is 0.351 e. The molecule has 0 saturated carbocycles. The van der Waals surface area contributed by atoms with Crippen molar-refractivity contribution in [2.75, 3.05) is 0 Å². The van der Waals surface area contributed by atoms with E-state index in [1.807, 2.05) is 0 Å². The van der Waals surface area contributed by atoms with Gasteiger partial charge < -0.3 is 9.47 Å². The Morgan fingerprint density at radius 3 is 2.94 bits per heavy atom. The number of rotatable bonds is 2. The van der Waals surface area contributed by atoms with Crippen LogP contribution in [-0.4, -0.2) is 29.1 Å². The van der Waals surface area contributed by atoms with E-state index in [1.54, 1.807) is 19.4 Å². The Morgan fingerprint density at radius 2 is 2.44 bits per heavy atom. The molecule has 86 valence electrons. The van der Waals surface area contributed by atoms with Gasteiger partial charge in [0.05, 0.1) is 11.2 Å². The Labute approximate surface area is 96.4 Å². The van der Waals surface area contributed by atoms with Gasteiger partial charge in [0.15, 0.2) is 0 Å². The number of esters is 2. The van der Waals surface area contributed by atoms with Crippen LogP contribution >= 0.6 is 11.3 Å². The summed E-state index contributed by atoms with van der Waals surface area (Å²) >= 11 is 1.21. The molecule has 0 N–H and O–H groups in total. The molecule has 0 radical (unpaired) electrons. The van der Waals surface area contributed by atoms with E-state index in [2.05, 4.69) is 4.98 Å². The van der Waals surface area contributed by atoms with Gasteiger partial charge in [-0.15, -0.1) is 11.3 Å². The van der Waals surface area contributed by atoms with E-state index in [0.29, 0.717) is 17.0 Å². The molecule has 6 heteroatoms. The molecule has 2 atom stereocenters. The Morgan fingerprint density at radius 1 is 1.69 bits per heavy atom. The summed E-state index contributed by atoms with van der Waals surface area (Å²) in [7, 11) is 0. The minimum Gasteiger partial charge on any atom is -0.460 e. The van der Waals surface area contributed by atoms with Gasteiger partial charge in [-0.25, -0.2) is 14.6 Å². The Hall–Kier alpha value is -1.43. The van der Waals surface area contributed by atoms with Gasteiger partial charge in [0.25, 0.3) is 0 Å². The first-order valence-corrected chi connectivity index (χ1v) is 5.77. The summed E-state index contributed by atoms with van der Waals surface area (Å²) in [5.74, 6) is -0.973. The van der Waals surface area contributed by atoms with Crippen LogP contribution < -0.4 is 0 Å².